The highest BCUT2D eigenvalue weighted by molar-refractivity contribution is 5.78. The van der Waals surface area contributed by atoms with Crippen LogP contribution in [0, 0.1) is 13.8 Å². The predicted molar refractivity (Wildman–Crippen MR) is 94.9 cm³/mol. The van der Waals surface area contributed by atoms with Gasteiger partial charge in [0.05, 0.1) is 13.0 Å². The van der Waals surface area contributed by atoms with Crippen LogP contribution in [0.5, 0.6) is 0 Å². The van der Waals surface area contributed by atoms with Gasteiger partial charge in [-0.1, -0.05) is 29.8 Å². The molecule has 126 valence electrons. The molecule has 0 radical (unpaired) electrons. The first-order valence-corrected chi connectivity index (χ1v) is 8.52. The zero-order chi connectivity index (χ0) is 16.9. The third-order valence-electron chi connectivity index (χ3n) is 4.21. The molecule has 1 amide bonds. The van der Waals surface area contributed by atoms with Gasteiger partial charge in [-0.25, -0.2) is 9.97 Å². The maximum Gasteiger partial charge on any atom is 0.224 e. The van der Waals surface area contributed by atoms with Crippen molar-refractivity contribution in [3.8, 4) is 0 Å². The van der Waals surface area contributed by atoms with Gasteiger partial charge in [0.2, 0.25) is 5.91 Å². The van der Waals surface area contributed by atoms with Crippen LogP contribution in [0.3, 0.4) is 0 Å². The fraction of sp³-hybridized carbons (Fsp3) is 0.421. The van der Waals surface area contributed by atoms with Crippen LogP contribution in [-0.4, -0.2) is 29.0 Å². The second-order valence-electron chi connectivity index (χ2n) is 6.42. The van der Waals surface area contributed by atoms with Crippen LogP contribution in [0.25, 0.3) is 0 Å². The van der Waals surface area contributed by atoms with E-state index in [1.807, 2.05) is 44.2 Å². The van der Waals surface area contributed by atoms with E-state index in [2.05, 4.69) is 20.2 Å². The van der Waals surface area contributed by atoms with Gasteiger partial charge in [0.15, 0.2) is 0 Å². The van der Waals surface area contributed by atoms with Crippen LogP contribution < -0.4 is 10.2 Å². The number of aromatic nitrogens is 2. The number of amides is 1. The summed E-state index contributed by atoms with van der Waals surface area (Å²) in [7, 11) is 0. The smallest absolute Gasteiger partial charge is 0.224 e. The molecule has 0 spiro atoms. The molecule has 1 aromatic carbocycles. The molecule has 1 aromatic heterocycles. The molecule has 0 bridgehead atoms. The third kappa shape index (κ3) is 4.31. The van der Waals surface area contributed by atoms with E-state index in [0.717, 1.165) is 35.7 Å². The van der Waals surface area contributed by atoms with E-state index in [1.54, 1.807) is 0 Å². The topological polar surface area (TPSA) is 58.1 Å². The average molecular weight is 324 g/mol. The lowest BCUT2D eigenvalue weighted by Crippen LogP contribution is -2.26. The van der Waals surface area contributed by atoms with Gasteiger partial charge in [-0.05, 0) is 32.3 Å². The van der Waals surface area contributed by atoms with Gasteiger partial charge in [0.25, 0.3) is 0 Å². The highest BCUT2D eigenvalue weighted by Crippen LogP contribution is 2.18. The lowest BCUT2D eigenvalue weighted by molar-refractivity contribution is -0.120. The largest absolute Gasteiger partial charge is 0.357 e. The minimum absolute atomic E-state index is 0.00608. The van der Waals surface area contributed by atoms with E-state index in [-0.39, 0.29) is 5.91 Å². The van der Waals surface area contributed by atoms with Gasteiger partial charge in [-0.15, -0.1) is 0 Å². The predicted octanol–water partition coefficient (Wildman–Crippen LogP) is 2.55. The molecule has 1 N–H and O–H groups in total. The molecular formula is C19H24N4O. The number of rotatable bonds is 5. The number of anilines is 1. The van der Waals surface area contributed by atoms with Gasteiger partial charge in [-0.3, -0.25) is 4.79 Å². The Kier molecular flexibility index (Phi) is 5.08. The number of nitrogens with one attached hydrogen (secondary N) is 1. The van der Waals surface area contributed by atoms with Crippen molar-refractivity contribution in [2.45, 2.75) is 39.7 Å². The van der Waals surface area contributed by atoms with Gasteiger partial charge < -0.3 is 10.2 Å². The van der Waals surface area contributed by atoms with Crippen LogP contribution in [0.4, 0.5) is 5.82 Å². The van der Waals surface area contributed by atoms with Crippen molar-refractivity contribution in [3.63, 3.8) is 0 Å². The molecular weight excluding hydrogens is 300 g/mol. The minimum atomic E-state index is -0.00608. The van der Waals surface area contributed by atoms with Crippen LogP contribution in [0.1, 0.15) is 35.5 Å². The molecule has 0 unspecified atom stereocenters. The summed E-state index contributed by atoms with van der Waals surface area (Å²) in [5.41, 5.74) is 3.13. The van der Waals surface area contributed by atoms with E-state index < -0.39 is 0 Å². The maximum absolute atomic E-state index is 12.1. The summed E-state index contributed by atoms with van der Waals surface area (Å²) in [4.78, 5) is 23.5. The first-order chi connectivity index (χ1) is 11.6. The Morgan fingerprint density at radius 3 is 2.71 bits per heavy atom. The van der Waals surface area contributed by atoms with Crippen LogP contribution in [-0.2, 0) is 17.8 Å². The quantitative estimate of drug-likeness (QED) is 0.918. The molecule has 24 heavy (non-hydrogen) atoms. The monoisotopic (exact) mass is 324 g/mol. The SMILES string of the molecule is Cc1cccc(CC(=O)NCc2nc(C)cc(N3CCCC3)n2)c1. The fourth-order valence-corrected chi connectivity index (χ4v) is 3.05. The Morgan fingerprint density at radius 2 is 1.96 bits per heavy atom. The lowest BCUT2D eigenvalue weighted by atomic mass is 10.1. The molecule has 1 fully saturated rings. The van der Waals surface area contributed by atoms with Crippen LogP contribution in [0.15, 0.2) is 30.3 Å². The zero-order valence-corrected chi connectivity index (χ0v) is 14.4. The zero-order valence-electron chi connectivity index (χ0n) is 14.4. The number of aryl methyl sites for hydroxylation is 2. The van der Waals surface area contributed by atoms with Gasteiger partial charge in [0.1, 0.15) is 11.6 Å². The Morgan fingerprint density at radius 1 is 1.17 bits per heavy atom. The van der Waals surface area contributed by atoms with Crippen molar-refractivity contribution in [3.05, 3.63) is 53.0 Å². The first kappa shape index (κ1) is 16.4. The summed E-state index contributed by atoms with van der Waals surface area (Å²) in [5, 5.41) is 2.93. The summed E-state index contributed by atoms with van der Waals surface area (Å²) in [6.07, 6.45) is 2.81. The molecule has 5 nitrogen and oxygen atoms in total. The summed E-state index contributed by atoms with van der Waals surface area (Å²) >= 11 is 0. The van der Waals surface area contributed by atoms with Crippen molar-refractivity contribution >= 4 is 11.7 Å². The van der Waals surface area contributed by atoms with Crippen molar-refractivity contribution in [1.82, 2.24) is 15.3 Å². The normalized spacial score (nSPS) is 14.0. The average Bonchev–Trinajstić information content (AvgIpc) is 3.07. The number of carbonyl (C=O) groups excluding carboxylic acids is 1. The van der Waals surface area contributed by atoms with Crippen molar-refractivity contribution in [2.24, 2.45) is 0 Å². The number of nitrogens with zero attached hydrogens (tertiary/aromatic N) is 3. The Bertz CT molecular complexity index is 723. The van der Waals surface area contributed by atoms with Crippen molar-refractivity contribution < 1.29 is 4.79 Å². The summed E-state index contributed by atoms with van der Waals surface area (Å²) < 4.78 is 0. The maximum atomic E-state index is 12.1. The molecule has 0 aliphatic carbocycles. The van der Waals surface area contributed by atoms with Crippen LogP contribution >= 0.6 is 0 Å². The lowest BCUT2D eigenvalue weighted by Gasteiger charge is -2.17. The highest BCUT2D eigenvalue weighted by atomic mass is 16.1. The molecule has 2 aromatic rings. The van der Waals surface area contributed by atoms with Crippen LogP contribution in [0.2, 0.25) is 0 Å². The molecule has 5 heteroatoms. The minimum Gasteiger partial charge on any atom is -0.357 e. The molecule has 1 aliphatic rings. The number of hydrogen-bond acceptors (Lipinski definition) is 4. The summed E-state index contributed by atoms with van der Waals surface area (Å²) in [6.45, 7) is 6.47. The Labute approximate surface area is 143 Å². The van der Waals surface area contributed by atoms with Gasteiger partial charge in [-0.2, -0.15) is 0 Å². The van der Waals surface area contributed by atoms with Gasteiger partial charge >= 0.3 is 0 Å². The second-order valence-corrected chi connectivity index (χ2v) is 6.42. The van der Waals surface area contributed by atoms with E-state index in [9.17, 15) is 4.79 Å². The standard InChI is InChI=1S/C19H24N4O/c1-14-6-5-7-16(10-14)12-19(24)20-13-17-21-15(2)11-18(22-17)23-8-3-4-9-23/h5-7,10-11H,3-4,8-9,12-13H2,1-2H3,(H,20,24). The van der Waals surface area contributed by atoms with E-state index in [0.29, 0.717) is 18.8 Å². The van der Waals surface area contributed by atoms with E-state index in [1.165, 1.54) is 12.8 Å². The number of carbonyl (C=O) groups is 1. The first-order valence-electron chi connectivity index (χ1n) is 8.52. The number of benzene rings is 1. The summed E-state index contributed by atoms with van der Waals surface area (Å²) in [5.74, 6) is 1.64. The Balaban J connectivity index is 1.60. The molecule has 2 heterocycles. The molecule has 0 saturated carbocycles. The summed E-state index contributed by atoms with van der Waals surface area (Å²) in [6, 6.07) is 10.0. The molecule has 1 saturated heterocycles. The van der Waals surface area contributed by atoms with E-state index >= 15 is 0 Å². The highest BCUT2D eigenvalue weighted by Gasteiger charge is 2.15. The third-order valence-corrected chi connectivity index (χ3v) is 4.21. The van der Waals surface area contributed by atoms with Gasteiger partial charge in [0, 0.05) is 24.8 Å². The van der Waals surface area contributed by atoms with E-state index in [4.69, 9.17) is 0 Å². The molecule has 1 aliphatic heterocycles. The molecule has 3 rings (SSSR count). The number of hydrogen-bond donors (Lipinski definition) is 1. The second kappa shape index (κ2) is 7.43. The van der Waals surface area contributed by atoms with Crippen molar-refractivity contribution in [1.29, 1.82) is 0 Å². The Hall–Kier alpha value is -2.43. The fourth-order valence-electron chi connectivity index (χ4n) is 3.05. The molecule has 0 atom stereocenters. The van der Waals surface area contributed by atoms with Crippen molar-refractivity contribution in [2.75, 3.05) is 18.0 Å².